The summed E-state index contributed by atoms with van der Waals surface area (Å²) < 4.78 is 0. The molecule has 1 aliphatic rings. The summed E-state index contributed by atoms with van der Waals surface area (Å²) in [4.78, 5) is 20.6. The molecule has 1 aromatic heterocycles. The van der Waals surface area contributed by atoms with Crippen molar-refractivity contribution >= 4 is 33.2 Å². The minimum atomic E-state index is -0.121. The minimum absolute atomic E-state index is 0.121. The first kappa shape index (κ1) is 13.8. The Bertz CT molecular complexity index is 834. The first-order chi connectivity index (χ1) is 10.7. The molecule has 0 atom stereocenters. The summed E-state index contributed by atoms with van der Waals surface area (Å²) in [5, 5.41) is 11.6. The third-order valence-corrected chi connectivity index (χ3v) is 3.23. The normalized spacial score (nSPS) is 13.3. The molecule has 22 heavy (non-hydrogen) atoms. The number of hydrogen-bond donors (Lipinski definition) is 0. The molecule has 0 N–H and O–H groups in total. The van der Waals surface area contributed by atoms with Crippen LogP contribution in [0.4, 0.5) is 0 Å². The van der Waals surface area contributed by atoms with Crippen molar-refractivity contribution in [1.29, 1.82) is 0 Å². The Morgan fingerprint density at radius 2 is 1.32 bits per heavy atom. The Labute approximate surface area is 126 Å². The fraction of sp³-hybridized carbons (Fsp3) is 0. The van der Waals surface area contributed by atoms with E-state index in [1.54, 1.807) is 6.20 Å². The molecule has 3 aromatic rings. The molecule has 0 bridgehead atoms. The number of fused-ring (bicyclic) bond motifs is 3. The van der Waals surface area contributed by atoms with E-state index < -0.39 is 0 Å². The highest BCUT2D eigenvalue weighted by Gasteiger charge is 1.99. The number of benzene rings is 2. The van der Waals surface area contributed by atoms with Crippen molar-refractivity contribution in [2.75, 3.05) is 0 Å². The smallest absolute Gasteiger partial charge is 0.178 e. The lowest BCUT2D eigenvalue weighted by molar-refractivity contribution is -0.113. The van der Waals surface area contributed by atoms with E-state index in [-0.39, 0.29) is 11.6 Å². The number of allylic oxidation sites excluding steroid dienone is 4. The fourth-order valence-electron chi connectivity index (χ4n) is 2.16. The molecular formula is C18H12N2O2. The van der Waals surface area contributed by atoms with Gasteiger partial charge in [0.2, 0.25) is 0 Å². The number of ketones is 2. The van der Waals surface area contributed by atoms with Crippen LogP contribution in [0.15, 0.2) is 73.0 Å². The number of rotatable bonds is 0. The lowest BCUT2D eigenvalue weighted by atomic mass is 10.1. The van der Waals surface area contributed by atoms with Crippen LogP contribution in [0.2, 0.25) is 0 Å². The molecule has 2 aromatic carbocycles. The molecule has 1 aliphatic carbocycles. The average Bonchev–Trinajstić information content (AvgIpc) is 2.58. The maximum absolute atomic E-state index is 10.3. The summed E-state index contributed by atoms with van der Waals surface area (Å²) in [7, 11) is 0. The van der Waals surface area contributed by atoms with Crippen LogP contribution in [0.5, 0.6) is 0 Å². The summed E-state index contributed by atoms with van der Waals surface area (Å²) in [5.41, 5.74) is 0.977. The van der Waals surface area contributed by atoms with Crippen molar-refractivity contribution in [3.8, 4) is 0 Å². The zero-order chi connectivity index (χ0) is 15.4. The lowest BCUT2D eigenvalue weighted by Gasteiger charge is -2.00. The SMILES string of the molecule is O=C1C=CC(=O)C=C1.c1ccc2c(c1)ccc1ccnnc12. The van der Waals surface area contributed by atoms with Gasteiger partial charge >= 0.3 is 0 Å². The monoisotopic (exact) mass is 288 g/mol. The van der Waals surface area contributed by atoms with Crippen LogP contribution in [-0.4, -0.2) is 21.8 Å². The molecule has 4 rings (SSSR count). The summed E-state index contributed by atoms with van der Waals surface area (Å²) in [6.45, 7) is 0. The van der Waals surface area contributed by atoms with Crippen LogP contribution in [-0.2, 0) is 9.59 Å². The summed E-state index contributed by atoms with van der Waals surface area (Å²) in [6.07, 6.45) is 6.73. The summed E-state index contributed by atoms with van der Waals surface area (Å²) >= 11 is 0. The maximum Gasteiger partial charge on any atom is 0.178 e. The predicted octanol–water partition coefficient (Wildman–Crippen LogP) is 3.03. The van der Waals surface area contributed by atoms with Crippen LogP contribution >= 0.6 is 0 Å². The quantitative estimate of drug-likeness (QED) is 0.471. The summed E-state index contributed by atoms with van der Waals surface area (Å²) in [6, 6.07) is 14.4. The largest absolute Gasteiger partial charge is 0.290 e. The van der Waals surface area contributed by atoms with E-state index in [0.29, 0.717) is 0 Å². The van der Waals surface area contributed by atoms with Gasteiger partial charge in [-0.25, -0.2) is 0 Å². The first-order valence-corrected chi connectivity index (χ1v) is 6.77. The summed E-state index contributed by atoms with van der Waals surface area (Å²) in [5.74, 6) is -0.241. The van der Waals surface area contributed by atoms with Gasteiger partial charge in [0.1, 0.15) is 5.52 Å². The minimum Gasteiger partial charge on any atom is -0.290 e. The molecule has 0 aliphatic heterocycles. The molecule has 1 heterocycles. The molecule has 4 nitrogen and oxygen atoms in total. The molecule has 4 heteroatoms. The Hall–Kier alpha value is -3.14. The number of hydrogen-bond acceptors (Lipinski definition) is 4. The molecule has 0 unspecified atom stereocenters. The van der Waals surface area contributed by atoms with Gasteiger partial charge in [0, 0.05) is 10.8 Å². The van der Waals surface area contributed by atoms with Crippen LogP contribution in [0.3, 0.4) is 0 Å². The van der Waals surface area contributed by atoms with Gasteiger partial charge in [-0.3, -0.25) is 9.59 Å². The molecular weight excluding hydrogens is 276 g/mol. The van der Waals surface area contributed by atoms with E-state index in [1.165, 1.54) is 29.7 Å². The van der Waals surface area contributed by atoms with Crippen LogP contribution in [0.25, 0.3) is 21.7 Å². The van der Waals surface area contributed by atoms with Crippen LogP contribution in [0, 0.1) is 0 Å². The van der Waals surface area contributed by atoms with E-state index >= 15 is 0 Å². The van der Waals surface area contributed by atoms with Crippen LogP contribution in [0.1, 0.15) is 0 Å². The highest BCUT2D eigenvalue weighted by atomic mass is 16.1. The van der Waals surface area contributed by atoms with Crippen molar-refractivity contribution in [3.05, 3.63) is 73.0 Å². The van der Waals surface area contributed by atoms with Gasteiger partial charge in [-0.1, -0.05) is 36.4 Å². The van der Waals surface area contributed by atoms with Crippen molar-refractivity contribution in [2.24, 2.45) is 0 Å². The number of carbonyl (C=O) groups is 2. The van der Waals surface area contributed by atoms with Crippen LogP contribution < -0.4 is 0 Å². The Morgan fingerprint density at radius 3 is 2.05 bits per heavy atom. The zero-order valence-corrected chi connectivity index (χ0v) is 11.6. The van der Waals surface area contributed by atoms with Gasteiger partial charge < -0.3 is 0 Å². The number of nitrogens with zero attached hydrogens (tertiary/aromatic N) is 2. The third kappa shape index (κ3) is 2.96. The molecule has 0 spiro atoms. The second kappa shape index (κ2) is 6.10. The molecule has 0 amide bonds. The molecule has 106 valence electrons. The highest BCUT2D eigenvalue weighted by molar-refractivity contribution is 6.14. The third-order valence-electron chi connectivity index (χ3n) is 3.23. The lowest BCUT2D eigenvalue weighted by Crippen LogP contribution is -1.97. The number of aromatic nitrogens is 2. The van der Waals surface area contributed by atoms with E-state index in [2.05, 4.69) is 34.5 Å². The second-order valence-corrected chi connectivity index (χ2v) is 4.73. The Morgan fingerprint density at radius 1 is 0.682 bits per heavy atom. The van der Waals surface area contributed by atoms with Gasteiger partial charge in [-0.05, 0) is 35.8 Å². The van der Waals surface area contributed by atoms with Crippen molar-refractivity contribution in [3.63, 3.8) is 0 Å². The highest BCUT2D eigenvalue weighted by Crippen LogP contribution is 2.22. The average molecular weight is 288 g/mol. The van der Waals surface area contributed by atoms with E-state index in [0.717, 1.165) is 16.3 Å². The standard InChI is InChI=1S/C12H8N2.C6H4O2/c1-2-4-11-9(3-1)5-6-10-7-8-13-14-12(10)11;7-5-1-2-6(8)4-3-5/h1-8H;1-4H. The molecule has 0 saturated carbocycles. The Balaban J connectivity index is 0.000000154. The zero-order valence-electron chi connectivity index (χ0n) is 11.6. The predicted molar refractivity (Wildman–Crippen MR) is 85.3 cm³/mol. The van der Waals surface area contributed by atoms with Crippen molar-refractivity contribution in [2.45, 2.75) is 0 Å². The molecule has 0 radical (unpaired) electrons. The first-order valence-electron chi connectivity index (χ1n) is 6.77. The van der Waals surface area contributed by atoms with Crippen molar-refractivity contribution < 1.29 is 9.59 Å². The topological polar surface area (TPSA) is 59.9 Å². The maximum atomic E-state index is 10.3. The van der Waals surface area contributed by atoms with E-state index in [4.69, 9.17) is 0 Å². The van der Waals surface area contributed by atoms with E-state index in [1.807, 2.05) is 18.2 Å². The van der Waals surface area contributed by atoms with Gasteiger partial charge in [0.25, 0.3) is 0 Å². The van der Waals surface area contributed by atoms with Gasteiger partial charge in [-0.2, -0.15) is 5.10 Å². The van der Waals surface area contributed by atoms with Crippen molar-refractivity contribution in [1.82, 2.24) is 10.2 Å². The van der Waals surface area contributed by atoms with Gasteiger partial charge in [-0.15, -0.1) is 5.10 Å². The molecule has 0 fully saturated rings. The fourth-order valence-corrected chi connectivity index (χ4v) is 2.16. The van der Waals surface area contributed by atoms with Gasteiger partial charge in [0.05, 0.1) is 6.20 Å². The second-order valence-electron chi connectivity index (χ2n) is 4.73. The Kier molecular flexibility index (Phi) is 3.83. The number of carbonyl (C=O) groups excluding carboxylic acids is 2. The molecule has 0 saturated heterocycles. The van der Waals surface area contributed by atoms with Gasteiger partial charge in [0.15, 0.2) is 11.6 Å². The van der Waals surface area contributed by atoms with E-state index in [9.17, 15) is 9.59 Å².